The number of aryl methyl sites for hydroxylation is 2. The van der Waals surface area contributed by atoms with Gasteiger partial charge in [0.15, 0.2) is 5.76 Å². The van der Waals surface area contributed by atoms with Gasteiger partial charge in [-0.15, -0.1) is 0 Å². The molecule has 2 heterocycles. The summed E-state index contributed by atoms with van der Waals surface area (Å²) in [4.78, 5) is 23.7. The molecule has 1 aliphatic rings. The van der Waals surface area contributed by atoms with Crippen molar-refractivity contribution in [3.05, 3.63) is 23.2 Å². The van der Waals surface area contributed by atoms with Gasteiger partial charge in [0.2, 0.25) is 0 Å². The molecule has 0 spiro atoms. The summed E-state index contributed by atoms with van der Waals surface area (Å²) in [5.74, 6) is -0.700. The van der Waals surface area contributed by atoms with Gasteiger partial charge in [-0.1, -0.05) is 13.8 Å². The second-order valence-electron chi connectivity index (χ2n) is 5.87. The first-order chi connectivity index (χ1) is 11.1. The normalized spacial score (nSPS) is 17.0. The second kappa shape index (κ2) is 8.15. The minimum atomic E-state index is -0.875. The van der Waals surface area contributed by atoms with E-state index in [4.69, 9.17) is 9.15 Å². The molecule has 0 saturated carbocycles. The van der Waals surface area contributed by atoms with E-state index in [0.717, 1.165) is 24.2 Å². The van der Waals surface area contributed by atoms with Crippen molar-refractivity contribution in [2.75, 3.05) is 19.8 Å². The Bertz CT molecular complexity index is 524. The molecule has 1 atom stereocenters. The zero-order valence-electron chi connectivity index (χ0n) is 13.8. The van der Waals surface area contributed by atoms with Crippen LogP contribution in [0.15, 0.2) is 10.5 Å². The van der Waals surface area contributed by atoms with Crippen molar-refractivity contribution in [2.45, 2.75) is 39.5 Å². The minimum Gasteiger partial charge on any atom is -0.481 e. The van der Waals surface area contributed by atoms with Gasteiger partial charge in [-0.2, -0.15) is 0 Å². The van der Waals surface area contributed by atoms with Crippen LogP contribution in [0, 0.1) is 11.8 Å². The van der Waals surface area contributed by atoms with Crippen molar-refractivity contribution < 1.29 is 23.8 Å². The predicted molar refractivity (Wildman–Crippen MR) is 84.5 cm³/mol. The lowest BCUT2D eigenvalue weighted by atomic mass is 9.86. The maximum atomic E-state index is 12.2. The first-order valence-electron chi connectivity index (χ1n) is 8.27. The van der Waals surface area contributed by atoms with Gasteiger partial charge in [0.1, 0.15) is 5.76 Å². The average molecular weight is 323 g/mol. The third-order valence-electron chi connectivity index (χ3n) is 4.46. The number of carboxylic acid groups (broad SMARTS) is 1. The maximum Gasteiger partial charge on any atom is 0.308 e. The fraction of sp³-hybridized carbons (Fsp3) is 0.647. The Balaban J connectivity index is 1.98. The molecule has 1 saturated heterocycles. The highest BCUT2D eigenvalue weighted by atomic mass is 16.5. The van der Waals surface area contributed by atoms with E-state index in [2.05, 4.69) is 5.32 Å². The molecule has 2 N–H and O–H groups in total. The third-order valence-corrected chi connectivity index (χ3v) is 4.46. The van der Waals surface area contributed by atoms with Gasteiger partial charge >= 0.3 is 5.97 Å². The fourth-order valence-corrected chi connectivity index (χ4v) is 3.04. The number of nitrogens with one attached hydrogen (secondary N) is 1. The number of carbonyl (C=O) groups excluding carboxylic acids is 1. The minimum absolute atomic E-state index is 0.0376. The Labute approximate surface area is 136 Å². The summed E-state index contributed by atoms with van der Waals surface area (Å²) in [6, 6.07) is 1.75. The summed E-state index contributed by atoms with van der Waals surface area (Å²) in [5, 5.41) is 12.1. The van der Waals surface area contributed by atoms with Gasteiger partial charge in [0, 0.05) is 26.2 Å². The smallest absolute Gasteiger partial charge is 0.308 e. The van der Waals surface area contributed by atoms with Gasteiger partial charge in [-0.25, -0.2) is 0 Å². The van der Waals surface area contributed by atoms with Crippen LogP contribution in [0.3, 0.4) is 0 Å². The number of amides is 1. The largest absolute Gasteiger partial charge is 0.481 e. The number of furan rings is 1. The van der Waals surface area contributed by atoms with Gasteiger partial charge in [0.05, 0.1) is 5.92 Å². The molecular formula is C17H25NO5. The van der Waals surface area contributed by atoms with E-state index in [0.29, 0.717) is 26.1 Å². The second-order valence-corrected chi connectivity index (χ2v) is 5.87. The van der Waals surface area contributed by atoms with E-state index in [1.54, 1.807) is 6.07 Å². The van der Waals surface area contributed by atoms with Crippen molar-refractivity contribution in [3.63, 3.8) is 0 Å². The molecule has 1 aromatic heterocycles. The standard InChI is InChI=1S/C17H25NO5/c1-3-11-9-15(23-14(11)4-2)16(19)18-10-13(17(20)21)12-5-7-22-8-6-12/h9,12-13H,3-8,10H2,1-2H3,(H,18,19)(H,20,21). The number of hydrogen-bond donors (Lipinski definition) is 2. The Hall–Kier alpha value is -1.82. The lowest BCUT2D eigenvalue weighted by Gasteiger charge is -2.27. The zero-order chi connectivity index (χ0) is 16.8. The number of rotatable bonds is 7. The first-order valence-corrected chi connectivity index (χ1v) is 8.27. The molecular weight excluding hydrogens is 298 g/mol. The highest BCUT2D eigenvalue weighted by Gasteiger charge is 2.30. The van der Waals surface area contributed by atoms with Gasteiger partial charge < -0.3 is 19.6 Å². The molecule has 128 valence electrons. The van der Waals surface area contributed by atoms with Crippen LogP contribution >= 0.6 is 0 Å². The third kappa shape index (κ3) is 4.34. The Morgan fingerprint density at radius 2 is 2.00 bits per heavy atom. The molecule has 1 fully saturated rings. The average Bonchev–Trinajstić information content (AvgIpc) is 2.99. The summed E-state index contributed by atoms with van der Waals surface area (Å²) in [7, 11) is 0. The summed E-state index contributed by atoms with van der Waals surface area (Å²) in [6.07, 6.45) is 2.97. The van der Waals surface area contributed by atoms with Gasteiger partial charge in [-0.3, -0.25) is 9.59 Å². The molecule has 0 radical (unpaired) electrons. The Morgan fingerprint density at radius 3 is 2.52 bits per heavy atom. The van der Waals surface area contributed by atoms with Crippen LogP contribution < -0.4 is 5.32 Å². The van der Waals surface area contributed by atoms with E-state index < -0.39 is 11.9 Å². The predicted octanol–water partition coefficient (Wildman–Crippen LogP) is 2.26. The van der Waals surface area contributed by atoms with E-state index in [1.807, 2.05) is 13.8 Å². The molecule has 0 bridgehead atoms. The van der Waals surface area contributed by atoms with E-state index in [1.165, 1.54) is 0 Å². The molecule has 1 aromatic rings. The molecule has 1 unspecified atom stereocenters. The van der Waals surface area contributed by atoms with E-state index in [-0.39, 0.29) is 24.1 Å². The molecule has 6 heteroatoms. The maximum absolute atomic E-state index is 12.2. The molecule has 6 nitrogen and oxygen atoms in total. The number of aliphatic carboxylic acids is 1. The van der Waals surface area contributed by atoms with Crippen molar-refractivity contribution in [1.29, 1.82) is 0 Å². The SMILES string of the molecule is CCc1cc(C(=O)NCC(C(=O)O)C2CCOCC2)oc1CC. The monoisotopic (exact) mass is 323 g/mol. The quantitative estimate of drug-likeness (QED) is 0.803. The molecule has 0 aliphatic carbocycles. The van der Waals surface area contributed by atoms with Crippen molar-refractivity contribution in [1.82, 2.24) is 5.32 Å². The van der Waals surface area contributed by atoms with Crippen LogP contribution in [0.1, 0.15) is 48.6 Å². The summed E-state index contributed by atoms with van der Waals surface area (Å²) >= 11 is 0. The molecule has 0 aromatic carbocycles. The summed E-state index contributed by atoms with van der Waals surface area (Å²) in [6.45, 7) is 5.27. The van der Waals surface area contributed by atoms with E-state index in [9.17, 15) is 14.7 Å². The zero-order valence-corrected chi connectivity index (χ0v) is 13.8. The fourth-order valence-electron chi connectivity index (χ4n) is 3.04. The number of carbonyl (C=O) groups is 2. The summed E-state index contributed by atoms with van der Waals surface area (Å²) in [5.41, 5.74) is 1.02. The summed E-state index contributed by atoms with van der Waals surface area (Å²) < 4.78 is 10.8. The van der Waals surface area contributed by atoms with Crippen molar-refractivity contribution in [2.24, 2.45) is 11.8 Å². The van der Waals surface area contributed by atoms with Crippen LogP contribution in [0.25, 0.3) is 0 Å². The first kappa shape index (κ1) is 17.5. The number of carboxylic acids is 1. The van der Waals surface area contributed by atoms with Gasteiger partial charge in [-0.05, 0) is 36.8 Å². The van der Waals surface area contributed by atoms with Crippen LogP contribution in [0.4, 0.5) is 0 Å². The van der Waals surface area contributed by atoms with Crippen LogP contribution in [0.2, 0.25) is 0 Å². The molecule has 2 rings (SSSR count). The molecule has 23 heavy (non-hydrogen) atoms. The number of hydrogen-bond acceptors (Lipinski definition) is 4. The van der Waals surface area contributed by atoms with Crippen LogP contribution in [-0.4, -0.2) is 36.7 Å². The number of ether oxygens (including phenoxy) is 1. The van der Waals surface area contributed by atoms with Crippen LogP contribution in [0.5, 0.6) is 0 Å². The Kier molecular flexibility index (Phi) is 6.21. The molecule has 1 amide bonds. The lowest BCUT2D eigenvalue weighted by molar-refractivity contribution is -0.144. The van der Waals surface area contributed by atoms with Gasteiger partial charge in [0.25, 0.3) is 5.91 Å². The molecule has 1 aliphatic heterocycles. The van der Waals surface area contributed by atoms with Crippen molar-refractivity contribution >= 4 is 11.9 Å². The van der Waals surface area contributed by atoms with Crippen LogP contribution in [-0.2, 0) is 22.4 Å². The Morgan fingerprint density at radius 1 is 1.30 bits per heavy atom. The lowest BCUT2D eigenvalue weighted by Crippen LogP contribution is -2.38. The van der Waals surface area contributed by atoms with E-state index >= 15 is 0 Å². The topological polar surface area (TPSA) is 88.8 Å². The highest BCUT2D eigenvalue weighted by molar-refractivity contribution is 5.92. The van der Waals surface area contributed by atoms with Crippen molar-refractivity contribution in [3.8, 4) is 0 Å². The highest BCUT2D eigenvalue weighted by Crippen LogP contribution is 2.24.